The Hall–Kier alpha value is -0.740. The van der Waals surface area contributed by atoms with Crippen LogP contribution in [0.1, 0.15) is 11.1 Å². The van der Waals surface area contributed by atoms with Crippen LogP contribution in [-0.2, 0) is 11.5 Å². The molecule has 3 rings (SSSR count). The Labute approximate surface area is 179 Å². The van der Waals surface area contributed by atoms with Gasteiger partial charge in [0.15, 0.2) is 10.3 Å². The van der Waals surface area contributed by atoms with Crippen molar-refractivity contribution < 1.29 is 0 Å². The molecule has 0 radical (unpaired) electrons. The van der Waals surface area contributed by atoms with E-state index in [-0.39, 0.29) is 44.3 Å². The van der Waals surface area contributed by atoms with Gasteiger partial charge in [0, 0.05) is 31.7 Å². The molecule has 0 amide bonds. The van der Waals surface area contributed by atoms with Crippen molar-refractivity contribution in [3.05, 3.63) is 47.5 Å². The number of fused-ring (bicyclic) bond motifs is 3. The predicted octanol–water partition coefficient (Wildman–Crippen LogP) is 5.46. The summed E-state index contributed by atoms with van der Waals surface area (Å²) in [7, 11) is 0. The SMILES string of the molecule is Br.Br.N=C(N)SCc1cccc2sc3cccc(CSC(=N)N)c3c12. The maximum atomic E-state index is 7.44. The van der Waals surface area contributed by atoms with Crippen molar-refractivity contribution in [2.45, 2.75) is 11.5 Å². The summed E-state index contributed by atoms with van der Waals surface area (Å²) in [5, 5.41) is 17.6. The predicted molar refractivity (Wildman–Crippen MR) is 126 cm³/mol. The molecule has 4 nitrogen and oxygen atoms in total. The van der Waals surface area contributed by atoms with E-state index < -0.39 is 0 Å². The summed E-state index contributed by atoms with van der Waals surface area (Å²) in [5.41, 5.74) is 13.4. The highest BCUT2D eigenvalue weighted by Gasteiger charge is 2.13. The van der Waals surface area contributed by atoms with Gasteiger partial charge in [-0.05, 0) is 23.3 Å². The third-order valence-corrected chi connectivity index (χ3v) is 6.11. The standard InChI is InChI=1S/C16H16N4S3.2BrH/c17-15(18)21-7-9-3-1-5-11-13(9)14-10(8-22-16(19)20)4-2-6-12(14)23-11;;/h1-6H,7-8H2,(H3,17,18)(H3,19,20);2*1H. The van der Waals surface area contributed by atoms with E-state index in [0.29, 0.717) is 11.5 Å². The molecule has 0 spiro atoms. The number of hydrogen-bond donors (Lipinski definition) is 4. The van der Waals surface area contributed by atoms with E-state index >= 15 is 0 Å². The summed E-state index contributed by atoms with van der Waals surface area (Å²) in [6, 6.07) is 12.6. The van der Waals surface area contributed by atoms with Crippen LogP contribution in [0.25, 0.3) is 20.2 Å². The van der Waals surface area contributed by atoms with E-state index in [1.54, 1.807) is 11.3 Å². The Kier molecular flexibility index (Phi) is 8.76. The maximum absolute atomic E-state index is 7.44. The van der Waals surface area contributed by atoms with Crippen LogP contribution >= 0.6 is 68.8 Å². The Morgan fingerprint density at radius 1 is 0.800 bits per heavy atom. The van der Waals surface area contributed by atoms with E-state index in [4.69, 9.17) is 22.3 Å². The molecule has 0 atom stereocenters. The number of rotatable bonds is 4. The molecule has 6 N–H and O–H groups in total. The van der Waals surface area contributed by atoms with Crippen LogP contribution < -0.4 is 11.5 Å². The molecular weight excluding hydrogens is 504 g/mol. The minimum atomic E-state index is 0. The number of amidine groups is 2. The quantitative estimate of drug-likeness (QED) is 0.270. The highest BCUT2D eigenvalue weighted by atomic mass is 79.9. The zero-order valence-corrected chi connectivity index (χ0v) is 18.9. The first-order valence-corrected chi connectivity index (χ1v) is 9.70. The van der Waals surface area contributed by atoms with Gasteiger partial charge in [-0.2, -0.15) is 0 Å². The summed E-state index contributed by atoms with van der Waals surface area (Å²) < 4.78 is 2.48. The first kappa shape index (κ1) is 22.3. The molecule has 2 aromatic carbocycles. The lowest BCUT2D eigenvalue weighted by atomic mass is 10.0. The lowest BCUT2D eigenvalue weighted by Gasteiger charge is -2.07. The zero-order chi connectivity index (χ0) is 16.4. The van der Waals surface area contributed by atoms with Gasteiger partial charge in [0.05, 0.1) is 0 Å². The highest BCUT2D eigenvalue weighted by molar-refractivity contribution is 8.93. The fourth-order valence-corrected chi connectivity index (χ4v) is 4.86. The Morgan fingerprint density at radius 3 is 1.56 bits per heavy atom. The van der Waals surface area contributed by atoms with Crippen LogP contribution in [0.2, 0.25) is 0 Å². The van der Waals surface area contributed by atoms with Gasteiger partial charge < -0.3 is 11.5 Å². The number of thiophene rings is 1. The summed E-state index contributed by atoms with van der Waals surface area (Å²) in [4.78, 5) is 0. The van der Waals surface area contributed by atoms with Crippen molar-refractivity contribution in [1.82, 2.24) is 0 Å². The summed E-state index contributed by atoms with van der Waals surface area (Å²) in [6.07, 6.45) is 0. The summed E-state index contributed by atoms with van der Waals surface area (Å²) >= 11 is 4.45. The van der Waals surface area contributed by atoms with Gasteiger partial charge in [0.1, 0.15) is 0 Å². The van der Waals surface area contributed by atoms with Crippen molar-refractivity contribution in [2.24, 2.45) is 11.5 Å². The molecule has 0 aliphatic rings. The van der Waals surface area contributed by atoms with Crippen LogP contribution in [0.4, 0.5) is 0 Å². The van der Waals surface area contributed by atoms with Crippen molar-refractivity contribution in [2.75, 3.05) is 0 Å². The Balaban J connectivity index is 0.00000156. The Bertz CT molecular complexity index is 839. The van der Waals surface area contributed by atoms with Crippen molar-refractivity contribution >= 4 is 99.3 Å². The molecule has 9 heteroatoms. The Morgan fingerprint density at radius 2 is 1.20 bits per heavy atom. The minimum absolute atomic E-state index is 0. The number of benzene rings is 2. The van der Waals surface area contributed by atoms with Crippen LogP contribution in [0.15, 0.2) is 36.4 Å². The number of hydrogen-bond acceptors (Lipinski definition) is 5. The van der Waals surface area contributed by atoms with Crippen molar-refractivity contribution in [3.63, 3.8) is 0 Å². The largest absolute Gasteiger partial charge is 0.379 e. The van der Waals surface area contributed by atoms with Crippen molar-refractivity contribution in [3.8, 4) is 0 Å². The monoisotopic (exact) mass is 520 g/mol. The molecule has 134 valence electrons. The van der Waals surface area contributed by atoms with Gasteiger partial charge in [-0.25, -0.2) is 0 Å². The molecule has 0 bridgehead atoms. The van der Waals surface area contributed by atoms with E-state index in [9.17, 15) is 0 Å². The smallest absolute Gasteiger partial charge is 0.151 e. The number of nitrogens with one attached hydrogen (secondary N) is 2. The van der Waals surface area contributed by atoms with Crippen molar-refractivity contribution in [1.29, 1.82) is 10.8 Å². The molecule has 0 saturated heterocycles. The molecular formula is C16H18Br2N4S3. The molecule has 3 aromatic rings. The van der Waals surface area contributed by atoms with Crippen LogP contribution in [0, 0.1) is 10.8 Å². The fraction of sp³-hybridized carbons (Fsp3) is 0.125. The van der Waals surface area contributed by atoms with Gasteiger partial charge in [0.2, 0.25) is 0 Å². The molecule has 0 unspecified atom stereocenters. The summed E-state index contributed by atoms with van der Waals surface area (Å²) in [5.74, 6) is 1.37. The number of thioether (sulfide) groups is 2. The fourth-order valence-electron chi connectivity index (χ4n) is 2.56. The maximum Gasteiger partial charge on any atom is 0.151 e. The molecule has 0 aliphatic carbocycles. The van der Waals surface area contributed by atoms with E-state index in [2.05, 4.69) is 36.4 Å². The lowest BCUT2D eigenvalue weighted by molar-refractivity contribution is 1.45. The van der Waals surface area contributed by atoms with E-state index in [0.717, 1.165) is 0 Å². The minimum Gasteiger partial charge on any atom is -0.379 e. The first-order chi connectivity index (χ1) is 11.1. The third kappa shape index (κ3) is 5.13. The zero-order valence-electron chi connectivity index (χ0n) is 13.1. The average Bonchev–Trinajstić information content (AvgIpc) is 2.90. The molecule has 0 fully saturated rings. The van der Waals surface area contributed by atoms with Crippen LogP contribution in [0.3, 0.4) is 0 Å². The summed E-state index contributed by atoms with van der Waals surface area (Å²) in [6.45, 7) is 0. The molecule has 25 heavy (non-hydrogen) atoms. The van der Waals surface area contributed by atoms with E-state index in [1.165, 1.54) is 54.8 Å². The van der Waals surface area contributed by atoms with Gasteiger partial charge >= 0.3 is 0 Å². The van der Waals surface area contributed by atoms with Gasteiger partial charge in [-0.3, -0.25) is 10.8 Å². The number of nitrogens with two attached hydrogens (primary N) is 2. The number of halogens is 2. The second-order valence-electron chi connectivity index (χ2n) is 4.99. The van der Waals surface area contributed by atoms with Crippen LogP contribution in [0.5, 0.6) is 0 Å². The van der Waals surface area contributed by atoms with Crippen LogP contribution in [-0.4, -0.2) is 10.3 Å². The lowest BCUT2D eigenvalue weighted by Crippen LogP contribution is -2.04. The topological polar surface area (TPSA) is 99.7 Å². The van der Waals surface area contributed by atoms with Gasteiger partial charge in [0.25, 0.3) is 0 Å². The molecule has 1 heterocycles. The average molecular weight is 522 g/mol. The molecule has 0 aliphatic heterocycles. The second-order valence-corrected chi connectivity index (χ2v) is 8.11. The highest BCUT2D eigenvalue weighted by Crippen LogP contribution is 2.39. The third-order valence-electron chi connectivity index (χ3n) is 3.46. The first-order valence-electron chi connectivity index (χ1n) is 6.92. The second kappa shape index (κ2) is 9.82. The molecule has 1 aromatic heterocycles. The van der Waals surface area contributed by atoms with Gasteiger partial charge in [-0.1, -0.05) is 47.8 Å². The van der Waals surface area contributed by atoms with E-state index in [1.807, 2.05) is 0 Å². The normalized spacial score (nSPS) is 10.2. The molecule has 0 saturated carbocycles. The van der Waals surface area contributed by atoms with Gasteiger partial charge in [-0.15, -0.1) is 45.3 Å².